The molecule has 0 amide bonds. The molecule has 0 spiro atoms. The fraction of sp³-hybridized carbons (Fsp3) is 0.974. The van der Waals surface area contributed by atoms with Crippen LogP contribution in [-0.2, 0) is 4.74 Å². The molecule has 0 aliphatic heterocycles. The highest BCUT2D eigenvalue weighted by molar-refractivity contribution is 4.55. The molecular weight excluding hydrogens is 472 g/mol. The first kappa shape index (κ1) is 39.0. The summed E-state index contributed by atoms with van der Waals surface area (Å²) in [6.07, 6.45) is 48.6. The fourth-order valence-electron chi connectivity index (χ4n) is 5.85. The number of rotatable bonds is 36. The van der Waals surface area contributed by atoms with E-state index < -0.39 is 0 Å². The van der Waals surface area contributed by atoms with Crippen molar-refractivity contribution in [2.75, 3.05) is 6.61 Å². The first-order valence-electron chi connectivity index (χ1n) is 18.8. The monoisotopic (exact) mass is 550 g/mol. The third kappa shape index (κ3) is 38.0. The van der Waals surface area contributed by atoms with Gasteiger partial charge < -0.3 is 4.74 Å². The van der Waals surface area contributed by atoms with E-state index in [-0.39, 0.29) is 0 Å². The van der Waals surface area contributed by atoms with E-state index in [1.165, 1.54) is 212 Å². The Labute approximate surface area is 249 Å². The highest BCUT2D eigenvalue weighted by Crippen LogP contribution is 2.16. The number of ether oxygens (including phenoxy) is 1. The van der Waals surface area contributed by atoms with Crippen molar-refractivity contribution in [3.8, 4) is 0 Å². The molecule has 235 valence electrons. The molecule has 0 aliphatic carbocycles. The topological polar surface area (TPSA) is 9.23 Å². The zero-order valence-electron chi connectivity index (χ0n) is 27.7. The summed E-state index contributed by atoms with van der Waals surface area (Å²) < 4.78 is 5.75. The average molecular weight is 550 g/mol. The zero-order chi connectivity index (χ0) is 28.2. The Balaban J connectivity index is 3.01. The van der Waals surface area contributed by atoms with Crippen molar-refractivity contribution in [2.24, 2.45) is 0 Å². The normalized spacial score (nSPS) is 11.5. The Bertz CT molecular complexity index is 356. The molecular formula is C38H77O. The van der Waals surface area contributed by atoms with Gasteiger partial charge in [-0.25, -0.2) is 0 Å². The van der Waals surface area contributed by atoms with E-state index in [4.69, 9.17) is 4.74 Å². The van der Waals surface area contributed by atoms with Crippen LogP contribution in [0.4, 0.5) is 0 Å². The van der Waals surface area contributed by atoms with Crippen molar-refractivity contribution in [2.45, 2.75) is 232 Å². The van der Waals surface area contributed by atoms with Gasteiger partial charge in [-0.2, -0.15) is 0 Å². The van der Waals surface area contributed by atoms with Crippen molar-refractivity contribution in [1.29, 1.82) is 0 Å². The highest BCUT2D eigenvalue weighted by Gasteiger charge is 1.97. The first-order chi connectivity index (χ1) is 19.4. The SMILES string of the molecule is CCCCCCCCCCCCCCCCCCCCC[CH]OCCCCCCCCCCCCCCCC. The standard InChI is InChI=1S/C38H77O/c1-3-5-7-9-11-13-15-17-19-20-21-22-23-24-26-28-30-32-34-36-38-39-37-35-33-31-29-27-25-18-16-14-12-10-8-6-4-2/h38H,3-37H2,1-2H3. The Kier molecular flexibility index (Phi) is 37.9. The molecule has 0 unspecified atom stereocenters. The molecule has 0 bridgehead atoms. The fourth-order valence-corrected chi connectivity index (χ4v) is 5.85. The minimum absolute atomic E-state index is 0.942. The Morgan fingerprint density at radius 1 is 0.282 bits per heavy atom. The van der Waals surface area contributed by atoms with Crippen molar-refractivity contribution in [3.05, 3.63) is 6.61 Å². The maximum atomic E-state index is 5.75. The molecule has 0 saturated heterocycles. The lowest BCUT2D eigenvalue weighted by Crippen LogP contribution is -1.92. The van der Waals surface area contributed by atoms with Crippen LogP contribution >= 0.6 is 0 Å². The van der Waals surface area contributed by atoms with Gasteiger partial charge in [-0.3, -0.25) is 0 Å². The highest BCUT2D eigenvalue weighted by atomic mass is 16.5. The third-order valence-electron chi connectivity index (χ3n) is 8.66. The molecule has 1 nitrogen and oxygen atoms in total. The van der Waals surface area contributed by atoms with E-state index >= 15 is 0 Å². The summed E-state index contributed by atoms with van der Waals surface area (Å²) in [6.45, 7) is 7.64. The third-order valence-corrected chi connectivity index (χ3v) is 8.66. The van der Waals surface area contributed by atoms with E-state index in [1.54, 1.807) is 0 Å². The summed E-state index contributed by atoms with van der Waals surface area (Å²) in [5.74, 6) is 0. The summed E-state index contributed by atoms with van der Waals surface area (Å²) in [5, 5.41) is 0. The number of hydrogen-bond acceptors (Lipinski definition) is 1. The van der Waals surface area contributed by atoms with Crippen LogP contribution in [0.2, 0.25) is 0 Å². The van der Waals surface area contributed by atoms with Crippen LogP contribution in [0.3, 0.4) is 0 Å². The predicted molar refractivity (Wildman–Crippen MR) is 179 cm³/mol. The van der Waals surface area contributed by atoms with Gasteiger partial charge in [0, 0.05) is 6.61 Å². The average Bonchev–Trinajstić information content (AvgIpc) is 2.95. The molecule has 0 aliphatic rings. The van der Waals surface area contributed by atoms with Crippen LogP contribution in [0.15, 0.2) is 0 Å². The lowest BCUT2D eigenvalue weighted by molar-refractivity contribution is 0.183. The van der Waals surface area contributed by atoms with E-state index in [1.807, 2.05) is 0 Å². The van der Waals surface area contributed by atoms with Crippen LogP contribution in [-0.4, -0.2) is 6.61 Å². The molecule has 0 aromatic carbocycles. The van der Waals surface area contributed by atoms with Gasteiger partial charge in [0.1, 0.15) is 0 Å². The smallest absolute Gasteiger partial charge is 0.0836 e. The lowest BCUT2D eigenvalue weighted by Gasteiger charge is -2.05. The van der Waals surface area contributed by atoms with Gasteiger partial charge in [-0.05, 0) is 12.8 Å². The molecule has 0 aromatic rings. The van der Waals surface area contributed by atoms with Crippen LogP contribution in [0.5, 0.6) is 0 Å². The molecule has 1 radical (unpaired) electrons. The molecule has 0 saturated carbocycles. The second-order valence-electron chi connectivity index (χ2n) is 12.8. The number of hydrogen-bond donors (Lipinski definition) is 0. The maximum Gasteiger partial charge on any atom is 0.0836 e. The minimum atomic E-state index is 0.942. The van der Waals surface area contributed by atoms with E-state index in [9.17, 15) is 0 Å². The zero-order valence-corrected chi connectivity index (χ0v) is 27.7. The summed E-state index contributed by atoms with van der Waals surface area (Å²) in [6, 6.07) is 0. The van der Waals surface area contributed by atoms with Crippen LogP contribution in [0.25, 0.3) is 0 Å². The summed E-state index contributed by atoms with van der Waals surface area (Å²) in [5.41, 5.74) is 0. The Hall–Kier alpha value is -0.0400. The minimum Gasteiger partial charge on any atom is -0.376 e. The van der Waals surface area contributed by atoms with Gasteiger partial charge in [-0.15, -0.1) is 0 Å². The maximum absolute atomic E-state index is 5.75. The van der Waals surface area contributed by atoms with Gasteiger partial charge in [0.25, 0.3) is 0 Å². The second kappa shape index (κ2) is 38.0. The predicted octanol–water partition coefficient (Wildman–Crippen LogP) is 14.5. The molecule has 0 fully saturated rings. The second-order valence-corrected chi connectivity index (χ2v) is 12.8. The van der Waals surface area contributed by atoms with E-state index in [2.05, 4.69) is 20.5 Å². The van der Waals surface area contributed by atoms with Gasteiger partial charge in [0.15, 0.2) is 0 Å². The van der Waals surface area contributed by atoms with Crippen LogP contribution in [0.1, 0.15) is 232 Å². The Morgan fingerprint density at radius 2 is 0.513 bits per heavy atom. The lowest BCUT2D eigenvalue weighted by atomic mass is 10.0. The molecule has 0 atom stereocenters. The van der Waals surface area contributed by atoms with Gasteiger partial charge in [0.05, 0.1) is 6.61 Å². The van der Waals surface area contributed by atoms with Crippen molar-refractivity contribution >= 4 is 0 Å². The van der Waals surface area contributed by atoms with E-state index in [0.29, 0.717) is 0 Å². The summed E-state index contributed by atoms with van der Waals surface area (Å²) >= 11 is 0. The largest absolute Gasteiger partial charge is 0.376 e. The van der Waals surface area contributed by atoms with Crippen LogP contribution in [0, 0.1) is 6.61 Å². The van der Waals surface area contributed by atoms with E-state index in [0.717, 1.165) is 13.0 Å². The van der Waals surface area contributed by atoms with Crippen molar-refractivity contribution in [3.63, 3.8) is 0 Å². The first-order valence-corrected chi connectivity index (χ1v) is 18.8. The summed E-state index contributed by atoms with van der Waals surface area (Å²) in [4.78, 5) is 0. The molecule has 1 heteroatoms. The van der Waals surface area contributed by atoms with Crippen molar-refractivity contribution < 1.29 is 4.74 Å². The molecule has 0 N–H and O–H groups in total. The molecule has 39 heavy (non-hydrogen) atoms. The summed E-state index contributed by atoms with van der Waals surface area (Å²) in [7, 11) is 0. The van der Waals surface area contributed by atoms with Crippen molar-refractivity contribution in [1.82, 2.24) is 0 Å². The molecule has 0 aromatic heterocycles. The van der Waals surface area contributed by atoms with Gasteiger partial charge in [-0.1, -0.05) is 219 Å². The van der Waals surface area contributed by atoms with Gasteiger partial charge >= 0.3 is 0 Å². The molecule has 0 heterocycles. The van der Waals surface area contributed by atoms with Crippen LogP contribution < -0.4 is 0 Å². The quantitative estimate of drug-likeness (QED) is 0.0706. The molecule has 0 rings (SSSR count). The number of unbranched alkanes of at least 4 members (excludes halogenated alkanes) is 32. The Morgan fingerprint density at radius 3 is 0.795 bits per heavy atom. The van der Waals surface area contributed by atoms with Gasteiger partial charge in [0.2, 0.25) is 0 Å².